The van der Waals surface area contributed by atoms with Crippen LogP contribution in [0.15, 0.2) is 30.3 Å². The summed E-state index contributed by atoms with van der Waals surface area (Å²) >= 11 is 0. The molecule has 6 nitrogen and oxygen atoms in total. The molecular weight excluding hydrogens is 354 g/mol. The summed E-state index contributed by atoms with van der Waals surface area (Å²) in [7, 11) is 1.78. The van der Waals surface area contributed by atoms with Crippen LogP contribution < -0.4 is 5.32 Å². The lowest BCUT2D eigenvalue weighted by atomic mass is 10.1. The Kier molecular flexibility index (Phi) is 7.87. The quantitative estimate of drug-likeness (QED) is 0.809. The van der Waals surface area contributed by atoms with Gasteiger partial charge in [-0.2, -0.15) is 0 Å². The second kappa shape index (κ2) is 9.90. The van der Waals surface area contributed by atoms with Gasteiger partial charge >= 0.3 is 0 Å². The molecule has 2 fully saturated rings. The van der Waals surface area contributed by atoms with E-state index < -0.39 is 6.04 Å². The minimum atomic E-state index is -0.430. The first-order valence-electron chi connectivity index (χ1n) is 9.05. The van der Waals surface area contributed by atoms with Crippen molar-refractivity contribution in [2.45, 2.75) is 38.0 Å². The molecule has 1 aromatic rings. The Morgan fingerprint density at radius 3 is 2.81 bits per heavy atom. The molecule has 2 aliphatic rings. The lowest BCUT2D eigenvalue weighted by molar-refractivity contribution is -0.141. The van der Waals surface area contributed by atoms with Crippen LogP contribution in [0.4, 0.5) is 0 Å². The van der Waals surface area contributed by atoms with E-state index in [4.69, 9.17) is 4.74 Å². The molecule has 0 aliphatic carbocycles. The van der Waals surface area contributed by atoms with Gasteiger partial charge in [0.1, 0.15) is 0 Å². The van der Waals surface area contributed by atoms with E-state index in [1.54, 1.807) is 11.9 Å². The summed E-state index contributed by atoms with van der Waals surface area (Å²) in [6.07, 6.45) is 2.43. The summed E-state index contributed by atoms with van der Waals surface area (Å²) < 4.78 is 5.64. The summed E-state index contributed by atoms with van der Waals surface area (Å²) in [5.41, 5.74) is 1.08. The molecular formula is C19H28ClN3O3. The predicted octanol–water partition coefficient (Wildman–Crippen LogP) is 1.44. The second-order valence-electron chi connectivity index (χ2n) is 6.87. The molecule has 2 saturated heterocycles. The molecule has 2 unspecified atom stereocenters. The Hall–Kier alpha value is -1.63. The van der Waals surface area contributed by atoms with Gasteiger partial charge in [-0.3, -0.25) is 9.59 Å². The lowest BCUT2D eigenvalue weighted by Gasteiger charge is -2.34. The summed E-state index contributed by atoms with van der Waals surface area (Å²) in [6.45, 7) is 3.39. The number of halogens is 1. The van der Waals surface area contributed by atoms with E-state index in [-0.39, 0.29) is 36.7 Å². The average Bonchev–Trinajstić information content (AvgIpc) is 3.12. The zero-order chi connectivity index (χ0) is 17.6. The van der Waals surface area contributed by atoms with Crippen LogP contribution in [-0.4, -0.2) is 67.0 Å². The number of amides is 2. The number of rotatable bonds is 6. The van der Waals surface area contributed by atoms with Gasteiger partial charge in [0.15, 0.2) is 0 Å². The first-order chi connectivity index (χ1) is 12.1. The zero-order valence-corrected chi connectivity index (χ0v) is 16.0. The van der Waals surface area contributed by atoms with Crippen LogP contribution in [0.25, 0.3) is 0 Å². The van der Waals surface area contributed by atoms with Crippen LogP contribution in [0, 0.1) is 0 Å². The molecule has 0 bridgehead atoms. The molecule has 144 valence electrons. The number of piperazine rings is 1. The molecule has 7 heteroatoms. The maximum absolute atomic E-state index is 12.7. The van der Waals surface area contributed by atoms with Gasteiger partial charge in [0, 0.05) is 39.8 Å². The molecule has 3 rings (SSSR count). The molecule has 2 aliphatic heterocycles. The van der Waals surface area contributed by atoms with E-state index in [0.29, 0.717) is 19.6 Å². The lowest BCUT2D eigenvalue weighted by Crippen LogP contribution is -2.57. The van der Waals surface area contributed by atoms with Gasteiger partial charge in [-0.15, -0.1) is 12.4 Å². The van der Waals surface area contributed by atoms with Crippen molar-refractivity contribution >= 4 is 24.2 Å². The first kappa shape index (κ1) is 20.7. The van der Waals surface area contributed by atoms with Crippen LogP contribution >= 0.6 is 12.4 Å². The number of nitrogens with zero attached hydrogens (tertiary/aromatic N) is 2. The normalized spacial score (nSPS) is 22.8. The fourth-order valence-corrected chi connectivity index (χ4v) is 3.44. The molecule has 2 amide bonds. The van der Waals surface area contributed by atoms with Gasteiger partial charge in [-0.05, 0) is 18.4 Å². The maximum Gasteiger partial charge on any atom is 0.240 e. The third-order valence-corrected chi connectivity index (χ3v) is 4.90. The van der Waals surface area contributed by atoms with Crippen molar-refractivity contribution in [3.63, 3.8) is 0 Å². The Balaban J connectivity index is 0.00000243. The number of carbonyl (C=O) groups is 2. The number of hydrogen-bond acceptors (Lipinski definition) is 4. The van der Waals surface area contributed by atoms with E-state index in [1.165, 1.54) is 0 Å². The van der Waals surface area contributed by atoms with Crippen LogP contribution in [0.1, 0.15) is 24.8 Å². The van der Waals surface area contributed by atoms with Crippen LogP contribution in [0.5, 0.6) is 0 Å². The smallest absolute Gasteiger partial charge is 0.240 e. The van der Waals surface area contributed by atoms with E-state index in [1.807, 2.05) is 35.2 Å². The highest BCUT2D eigenvalue weighted by molar-refractivity contribution is 5.88. The largest absolute Gasteiger partial charge is 0.376 e. The minimum Gasteiger partial charge on any atom is -0.376 e. The van der Waals surface area contributed by atoms with Crippen molar-refractivity contribution in [1.82, 2.24) is 15.1 Å². The fraction of sp³-hybridized carbons (Fsp3) is 0.579. The molecule has 26 heavy (non-hydrogen) atoms. The fourth-order valence-electron chi connectivity index (χ4n) is 3.44. The molecule has 0 radical (unpaired) electrons. The number of nitrogens with one attached hydrogen (secondary N) is 1. The average molecular weight is 382 g/mol. The van der Waals surface area contributed by atoms with Crippen molar-refractivity contribution in [3.8, 4) is 0 Å². The van der Waals surface area contributed by atoms with Crippen molar-refractivity contribution < 1.29 is 14.3 Å². The molecule has 1 aromatic carbocycles. The van der Waals surface area contributed by atoms with Crippen molar-refractivity contribution in [2.75, 3.05) is 33.3 Å². The molecule has 2 heterocycles. The number of carbonyl (C=O) groups excluding carboxylic acids is 2. The maximum atomic E-state index is 12.7. The van der Waals surface area contributed by atoms with E-state index in [9.17, 15) is 9.59 Å². The van der Waals surface area contributed by atoms with Gasteiger partial charge in [-0.1, -0.05) is 30.3 Å². The molecule has 0 aromatic heterocycles. The Morgan fingerprint density at radius 2 is 2.12 bits per heavy atom. The summed E-state index contributed by atoms with van der Waals surface area (Å²) in [4.78, 5) is 28.7. The summed E-state index contributed by atoms with van der Waals surface area (Å²) in [5.74, 6) is -0.00289. The standard InChI is InChI=1S/C19H27N3O3.ClH/c1-21(13-15-6-3-2-4-7-15)18(23)12-17-19(24)22(10-9-20-17)14-16-8-5-11-25-16;/h2-4,6-7,16-17,20H,5,8-14H2,1H3;1H. The molecule has 0 spiro atoms. The summed E-state index contributed by atoms with van der Waals surface area (Å²) in [5, 5.41) is 3.19. The van der Waals surface area contributed by atoms with Crippen molar-refractivity contribution in [3.05, 3.63) is 35.9 Å². The number of benzene rings is 1. The van der Waals surface area contributed by atoms with Crippen molar-refractivity contribution in [2.24, 2.45) is 0 Å². The number of ether oxygens (including phenoxy) is 1. The summed E-state index contributed by atoms with van der Waals surface area (Å²) in [6, 6.07) is 9.44. The minimum absolute atomic E-state index is 0. The Labute approximate surface area is 161 Å². The number of hydrogen-bond donors (Lipinski definition) is 1. The van der Waals surface area contributed by atoms with Crippen LogP contribution in [-0.2, 0) is 20.9 Å². The van der Waals surface area contributed by atoms with Gasteiger partial charge in [-0.25, -0.2) is 0 Å². The highest BCUT2D eigenvalue weighted by Gasteiger charge is 2.32. The van der Waals surface area contributed by atoms with Gasteiger partial charge in [0.2, 0.25) is 11.8 Å². The zero-order valence-electron chi connectivity index (χ0n) is 15.2. The Bertz CT molecular complexity index is 593. The topological polar surface area (TPSA) is 61.9 Å². The monoisotopic (exact) mass is 381 g/mol. The molecule has 0 saturated carbocycles. The third-order valence-electron chi connectivity index (χ3n) is 4.90. The SMILES string of the molecule is CN(Cc1ccccc1)C(=O)CC1NCCN(CC2CCCO2)C1=O.Cl. The van der Waals surface area contributed by atoms with Gasteiger partial charge in [0.05, 0.1) is 18.6 Å². The highest BCUT2D eigenvalue weighted by atomic mass is 35.5. The van der Waals surface area contributed by atoms with E-state index in [0.717, 1.165) is 31.6 Å². The van der Waals surface area contributed by atoms with E-state index >= 15 is 0 Å². The predicted molar refractivity (Wildman–Crippen MR) is 102 cm³/mol. The van der Waals surface area contributed by atoms with Gasteiger partial charge < -0.3 is 19.9 Å². The van der Waals surface area contributed by atoms with Crippen LogP contribution in [0.3, 0.4) is 0 Å². The molecule has 2 atom stereocenters. The second-order valence-corrected chi connectivity index (χ2v) is 6.87. The third kappa shape index (κ3) is 5.43. The Morgan fingerprint density at radius 1 is 1.35 bits per heavy atom. The molecule has 1 N–H and O–H groups in total. The highest BCUT2D eigenvalue weighted by Crippen LogP contribution is 2.16. The van der Waals surface area contributed by atoms with E-state index in [2.05, 4.69) is 5.32 Å². The van der Waals surface area contributed by atoms with Gasteiger partial charge in [0.25, 0.3) is 0 Å². The van der Waals surface area contributed by atoms with Crippen LogP contribution in [0.2, 0.25) is 0 Å². The van der Waals surface area contributed by atoms with Crippen molar-refractivity contribution in [1.29, 1.82) is 0 Å². The first-order valence-corrected chi connectivity index (χ1v) is 9.05.